The molecule has 1 saturated heterocycles. The van der Waals surface area contributed by atoms with E-state index < -0.39 is 5.25 Å². The predicted octanol–water partition coefficient (Wildman–Crippen LogP) is 6.55. The van der Waals surface area contributed by atoms with E-state index in [0.29, 0.717) is 24.9 Å². The van der Waals surface area contributed by atoms with E-state index in [1.165, 1.54) is 0 Å². The van der Waals surface area contributed by atoms with Gasteiger partial charge in [0, 0.05) is 6.42 Å². The molecule has 1 fully saturated rings. The minimum Gasteiger partial charge on any atom is -0.493 e. The fourth-order valence-electron chi connectivity index (χ4n) is 3.73. The van der Waals surface area contributed by atoms with Crippen molar-refractivity contribution in [3.63, 3.8) is 0 Å². The van der Waals surface area contributed by atoms with Gasteiger partial charge in [0.05, 0.1) is 13.2 Å². The summed E-state index contributed by atoms with van der Waals surface area (Å²) in [5, 5.41) is 1.50. The third-order valence-corrected chi connectivity index (χ3v) is 6.36. The molecule has 0 radical (unpaired) electrons. The first-order valence-corrected chi connectivity index (χ1v) is 12.6. The molecule has 7 heteroatoms. The van der Waals surface area contributed by atoms with Crippen molar-refractivity contribution < 1.29 is 23.8 Å². The molecule has 3 aromatic rings. The van der Waals surface area contributed by atoms with E-state index in [0.717, 1.165) is 53.0 Å². The summed E-state index contributed by atoms with van der Waals surface area (Å²) in [7, 11) is 0. The summed E-state index contributed by atoms with van der Waals surface area (Å²) < 4.78 is 17.9. The van der Waals surface area contributed by atoms with E-state index in [9.17, 15) is 9.59 Å². The lowest BCUT2D eigenvalue weighted by Gasteiger charge is -2.15. The van der Waals surface area contributed by atoms with Crippen LogP contribution < -0.4 is 19.5 Å². The topological polar surface area (TPSA) is 73.9 Å². The standard InChI is InChI=1S/C28H29NO5S/c1-19(2)17-21-18-24(34-23-7-4-3-5-8-23)13-14-25(21)33-16-6-15-32-22-11-9-20(10-12-22)26-27(30)29-28(31)35-26/h3-5,7-14,18-19,26H,6,15-17H2,1-2H3,(H,29,30,31)/t26-/m0/s1. The smallest absolute Gasteiger partial charge is 0.286 e. The van der Waals surface area contributed by atoms with E-state index in [-0.39, 0.29) is 11.1 Å². The van der Waals surface area contributed by atoms with Crippen LogP contribution in [0, 0.1) is 5.92 Å². The summed E-state index contributed by atoms with van der Waals surface area (Å²) >= 11 is 0.996. The number of carbonyl (C=O) groups is 2. The van der Waals surface area contributed by atoms with Crippen LogP contribution in [-0.2, 0) is 11.2 Å². The summed E-state index contributed by atoms with van der Waals surface area (Å²) in [6, 6.07) is 23.0. The van der Waals surface area contributed by atoms with Crippen molar-refractivity contribution in [1.29, 1.82) is 0 Å². The van der Waals surface area contributed by atoms with E-state index in [4.69, 9.17) is 14.2 Å². The molecule has 35 heavy (non-hydrogen) atoms. The number of hydrogen-bond donors (Lipinski definition) is 1. The maximum absolute atomic E-state index is 11.8. The van der Waals surface area contributed by atoms with Crippen LogP contribution in [0.4, 0.5) is 4.79 Å². The highest BCUT2D eigenvalue weighted by atomic mass is 32.2. The minimum absolute atomic E-state index is 0.276. The van der Waals surface area contributed by atoms with Gasteiger partial charge in [0.25, 0.3) is 5.24 Å². The largest absolute Gasteiger partial charge is 0.493 e. The highest BCUT2D eigenvalue weighted by molar-refractivity contribution is 8.15. The number of imide groups is 1. The molecule has 1 atom stereocenters. The zero-order valence-electron chi connectivity index (χ0n) is 19.9. The summed E-state index contributed by atoms with van der Waals surface area (Å²) in [5.74, 6) is 3.39. The first-order valence-electron chi connectivity index (χ1n) is 11.7. The maximum Gasteiger partial charge on any atom is 0.286 e. The fourth-order valence-corrected chi connectivity index (χ4v) is 4.56. The van der Waals surface area contributed by atoms with Crippen molar-refractivity contribution in [2.24, 2.45) is 5.92 Å². The number of nitrogens with one attached hydrogen (secondary N) is 1. The van der Waals surface area contributed by atoms with E-state index in [1.807, 2.05) is 66.7 Å². The van der Waals surface area contributed by atoms with E-state index in [2.05, 4.69) is 25.2 Å². The van der Waals surface area contributed by atoms with Gasteiger partial charge in [-0.3, -0.25) is 14.9 Å². The van der Waals surface area contributed by atoms with Gasteiger partial charge in [-0.2, -0.15) is 0 Å². The van der Waals surface area contributed by atoms with Gasteiger partial charge in [-0.05, 0) is 77.7 Å². The summed E-state index contributed by atoms with van der Waals surface area (Å²) in [4.78, 5) is 23.2. The van der Waals surface area contributed by atoms with Crippen LogP contribution in [0.3, 0.4) is 0 Å². The molecular formula is C28H29NO5S. The molecule has 1 N–H and O–H groups in total. The average Bonchev–Trinajstić information content (AvgIpc) is 3.18. The zero-order chi connectivity index (χ0) is 24.6. The van der Waals surface area contributed by atoms with Crippen LogP contribution in [0.1, 0.15) is 36.6 Å². The molecule has 1 aliphatic heterocycles. The highest BCUT2D eigenvalue weighted by Crippen LogP contribution is 2.35. The van der Waals surface area contributed by atoms with Gasteiger partial charge < -0.3 is 14.2 Å². The molecule has 182 valence electrons. The minimum atomic E-state index is -0.491. The van der Waals surface area contributed by atoms with Gasteiger partial charge in [-0.1, -0.05) is 44.2 Å². The molecule has 2 amide bonds. The van der Waals surface area contributed by atoms with E-state index in [1.54, 1.807) is 0 Å². The second-order valence-corrected chi connectivity index (χ2v) is 9.75. The van der Waals surface area contributed by atoms with Crippen molar-refractivity contribution in [2.75, 3.05) is 13.2 Å². The second kappa shape index (κ2) is 11.8. The second-order valence-electron chi connectivity index (χ2n) is 8.68. The van der Waals surface area contributed by atoms with Crippen molar-refractivity contribution in [3.8, 4) is 23.0 Å². The molecule has 0 unspecified atom stereocenters. The molecule has 0 aliphatic carbocycles. The third-order valence-electron chi connectivity index (χ3n) is 5.33. The van der Waals surface area contributed by atoms with Crippen LogP contribution in [-0.4, -0.2) is 24.4 Å². The van der Waals surface area contributed by atoms with Gasteiger partial charge >= 0.3 is 0 Å². The van der Waals surface area contributed by atoms with Crippen molar-refractivity contribution >= 4 is 22.9 Å². The Morgan fingerprint density at radius 1 is 0.857 bits per heavy atom. The molecular weight excluding hydrogens is 462 g/mol. The third kappa shape index (κ3) is 7.02. The number of benzene rings is 3. The fraction of sp³-hybridized carbons (Fsp3) is 0.286. The average molecular weight is 492 g/mol. The van der Waals surface area contributed by atoms with Gasteiger partial charge in [-0.25, -0.2) is 0 Å². The van der Waals surface area contributed by atoms with Crippen molar-refractivity contribution in [2.45, 2.75) is 31.9 Å². The number of carbonyl (C=O) groups excluding carboxylic acids is 2. The SMILES string of the molecule is CC(C)Cc1cc(Oc2ccccc2)ccc1OCCCOc1ccc([C@@H]2SC(=O)NC2=O)cc1. The number of para-hydroxylation sites is 1. The Bertz CT molecular complexity index is 1150. The van der Waals surface area contributed by atoms with Gasteiger partial charge in [0.1, 0.15) is 28.2 Å². The van der Waals surface area contributed by atoms with Crippen LogP contribution in [0.15, 0.2) is 72.8 Å². The van der Waals surface area contributed by atoms with Gasteiger partial charge in [-0.15, -0.1) is 0 Å². The normalized spacial score (nSPS) is 15.2. The van der Waals surface area contributed by atoms with Gasteiger partial charge in [0.2, 0.25) is 5.91 Å². The lowest BCUT2D eigenvalue weighted by atomic mass is 10.0. The van der Waals surface area contributed by atoms with E-state index >= 15 is 0 Å². The maximum atomic E-state index is 11.8. The first-order chi connectivity index (χ1) is 17.0. The molecule has 0 saturated carbocycles. The molecule has 0 spiro atoms. The number of rotatable bonds is 11. The van der Waals surface area contributed by atoms with Crippen LogP contribution in [0.25, 0.3) is 0 Å². The van der Waals surface area contributed by atoms with Crippen LogP contribution >= 0.6 is 11.8 Å². The van der Waals surface area contributed by atoms with Crippen LogP contribution in [0.2, 0.25) is 0 Å². The first kappa shape index (κ1) is 24.7. The monoisotopic (exact) mass is 491 g/mol. The van der Waals surface area contributed by atoms with Crippen LogP contribution in [0.5, 0.6) is 23.0 Å². The Labute approximate surface area is 210 Å². The molecule has 0 bridgehead atoms. The Morgan fingerprint density at radius 3 is 2.26 bits per heavy atom. The van der Waals surface area contributed by atoms with Crippen molar-refractivity contribution in [3.05, 3.63) is 83.9 Å². The highest BCUT2D eigenvalue weighted by Gasteiger charge is 2.32. The number of hydrogen-bond acceptors (Lipinski definition) is 6. The summed E-state index contributed by atoms with van der Waals surface area (Å²) in [6.45, 7) is 5.40. The molecule has 6 nitrogen and oxygen atoms in total. The Kier molecular flexibility index (Phi) is 8.32. The Morgan fingerprint density at radius 2 is 1.57 bits per heavy atom. The molecule has 1 aliphatic rings. The lowest BCUT2D eigenvalue weighted by molar-refractivity contribution is -0.119. The van der Waals surface area contributed by atoms with Crippen molar-refractivity contribution in [1.82, 2.24) is 5.32 Å². The zero-order valence-corrected chi connectivity index (χ0v) is 20.7. The summed E-state index contributed by atoms with van der Waals surface area (Å²) in [6.07, 6.45) is 1.62. The molecule has 3 aromatic carbocycles. The Balaban J connectivity index is 1.26. The lowest BCUT2D eigenvalue weighted by Crippen LogP contribution is -2.20. The number of thioether (sulfide) groups is 1. The van der Waals surface area contributed by atoms with Gasteiger partial charge in [0.15, 0.2) is 0 Å². The number of ether oxygens (including phenoxy) is 3. The Hall–Kier alpha value is -3.45. The molecule has 4 rings (SSSR count). The molecule has 1 heterocycles. The molecule has 0 aromatic heterocycles. The number of amides is 2. The quantitative estimate of drug-likeness (QED) is 0.307. The summed E-state index contributed by atoms with van der Waals surface area (Å²) in [5.41, 5.74) is 1.91. The predicted molar refractivity (Wildman–Crippen MR) is 137 cm³/mol.